The summed E-state index contributed by atoms with van der Waals surface area (Å²) in [6.45, 7) is 1.38. The first kappa shape index (κ1) is 20.3. The summed E-state index contributed by atoms with van der Waals surface area (Å²) in [6.07, 6.45) is 3.74. The smallest absolute Gasteiger partial charge is 0.232 e. The molecule has 0 aliphatic carbocycles. The summed E-state index contributed by atoms with van der Waals surface area (Å²) in [5, 5.41) is 3.50. The molecular weight excluding hydrogens is 387 g/mol. The van der Waals surface area contributed by atoms with Crippen LogP contribution in [0.4, 0.5) is 5.69 Å². The normalized spacial score (nSPS) is 17.5. The fourth-order valence-corrected chi connectivity index (χ4v) is 4.05. The van der Waals surface area contributed by atoms with Crippen molar-refractivity contribution in [1.82, 2.24) is 5.32 Å². The summed E-state index contributed by atoms with van der Waals surface area (Å²) >= 11 is 12.0. The van der Waals surface area contributed by atoms with E-state index < -0.39 is 10.0 Å². The van der Waals surface area contributed by atoms with Crippen molar-refractivity contribution < 1.29 is 17.9 Å². The number of sulfonamides is 1. The van der Waals surface area contributed by atoms with Gasteiger partial charge in [0.05, 0.1) is 23.1 Å². The molecule has 25 heavy (non-hydrogen) atoms. The van der Waals surface area contributed by atoms with E-state index in [4.69, 9.17) is 27.9 Å². The van der Waals surface area contributed by atoms with Crippen LogP contribution in [0.1, 0.15) is 25.7 Å². The fraction of sp³-hybridized carbons (Fsp3) is 0.562. The molecule has 0 saturated carbocycles. The molecule has 0 spiro atoms. The summed E-state index contributed by atoms with van der Waals surface area (Å²) in [7, 11) is -3.54. The van der Waals surface area contributed by atoms with E-state index in [2.05, 4.69) is 5.32 Å². The van der Waals surface area contributed by atoms with Gasteiger partial charge in [0.25, 0.3) is 0 Å². The number of hydrogen-bond acceptors (Lipinski definition) is 4. The minimum atomic E-state index is -3.54. The van der Waals surface area contributed by atoms with Crippen LogP contribution in [-0.2, 0) is 19.6 Å². The number of ether oxygens (including phenoxy) is 1. The number of carbonyl (C=O) groups is 1. The van der Waals surface area contributed by atoms with Crippen molar-refractivity contribution in [2.24, 2.45) is 0 Å². The lowest BCUT2D eigenvalue weighted by molar-refractivity contribution is -0.121. The van der Waals surface area contributed by atoms with Crippen LogP contribution in [0.15, 0.2) is 18.2 Å². The molecule has 1 aromatic carbocycles. The van der Waals surface area contributed by atoms with Crippen LogP contribution in [0.3, 0.4) is 0 Å². The van der Waals surface area contributed by atoms with Crippen molar-refractivity contribution in [3.8, 4) is 0 Å². The van der Waals surface area contributed by atoms with Gasteiger partial charge in [0, 0.05) is 31.1 Å². The van der Waals surface area contributed by atoms with E-state index in [0.717, 1.165) is 25.7 Å². The van der Waals surface area contributed by atoms with E-state index in [9.17, 15) is 13.2 Å². The summed E-state index contributed by atoms with van der Waals surface area (Å²) < 4.78 is 30.8. The summed E-state index contributed by atoms with van der Waals surface area (Å²) in [4.78, 5) is 11.9. The van der Waals surface area contributed by atoms with E-state index in [1.807, 2.05) is 0 Å². The van der Waals surface area contributed by atoms with Gasteiger partial charge in [0.1, 0.15) is 0 Å². The maximum atomic E-state index is 12.1. The molecule has 1 aliphatic rings. The molecule has 1 aliphatic heterocycles. The molecule has 9 heteroatoms. The molecular formula is C16H22Cl2N2O4S. The van der Waals surface area contributed by atoms with Gasteiger partial charge >= 0.3 is 0 Å². The quantitative estimate of drug-likeness (QED) is 0.717. The minimum absolute atomic E-state index is 0.0849. The first-order chi connectivity index (χ1) is 11.8. The van der Waals surface area contributed by atoms with Gasteiger partial charge in [0.2, 0.25) is 15.9 Å². The van der Waals surface area contributed by atoms with Crippen molar-refractivity contribution >= 4 is 44.8 Å². The van der Waals surface area contributed by atoms with Crippen LogP contribution in [0.5, 0.6) is 0 Å². The zero-order valence-electron chi connectivity index (χ0n) is 14.0. The third kappa shape index (κ3) is 6.33. The largest absolute Gasteiger partial charge is 0.376 e. The van der Waals surface area contributed by atoms with Gasteiger partial charge in [0.15, 0.2) is 0 Å². The summed E-state index contributed by atoms with van der Waals surface area (Å²) in [6, 6.07) is 4.64. The summed E-state index contributed by atoms with van der Waals surface area (Å²) in [5.41, 5.74) is 0.316. The number of rotatable bonds is 8. The molecule has 0 unspecified atom stereocenters. The van der Waals surface area contributed by atoms with Gasteiger partial charge in [-0.15, -0.1) is 0 Å². The molecule has 1 heterocycles. The average Bonchev–Trinajstić information content (AvgIpc) is 3.04. The Morgan fingerprint density at radius 1 is 1.40 bits per heavy atom. The van der Waals surface area contributed by atoms with Crippen molar-refractivity contribution in [3.63, 3.8) is 0 Å². The molecule has 1 fully saturated rings. The first-order valence-electron chi connectivity index (χ1n) is 8.08. The highest BCUT2D eigenvalue weighted by Crippen LogP contribution is 2.30. The monoisotopic (exact) mass is 408 g/mol. The maximum Gasteiger partial charge on any atom is 0.232 e. The number of carbonyl (C=O) groups excluding carboxylic acids is 1. The molecule has 0 aromatic heterocycles. The van der Waals surface area contributed by atoms with Gasteiger partial charge in [-0.05, 0) is 37.5 Å². The Kier molecular flexibility index (Phi) is 7.37. The van der Waals surface area contributed by atoms with E-state index in [0.29, 0.717) is 23.7 Å². The first-order valence-corrected chi connectivity index (χ1v) is 10.7. The van der Waals surface area contributed by atoms with Crippen LogP contribution in [-0.4, -0.2) is 46.4 Å². The second-order valence-corrected chi connectivity index (χ2v) is 8.72. The Morgan fingerprint density at radius 3 is 2.80 bits per heavy atom. The Morgan fingerprint density at radius 2 is 2.16 bits per heavy atom. The Balaban J connectivity index is 1.90. The predicted octanol–water partition coefficient (Wildman–Crippen LogP) is 2.83. The number of nitrogens with one attached hydrogen (secondary N) is 1. The highest BCUT2D eigenvalue weighted by molar-refractivity contribution is 7.92. The van der Waals surface area contributed by atoms with Crippen LogP contribution in [0.2, 0.25) is 10.0 Å². The predicted molar refractivity (Wildman–Crippen MR) is 99.9 cm³/mol. The third-order valence-corrected chi connectivity index (χ3v) is 5.63. The molecule has 140 valence electrons. The Bertz CT molecular complexity index is 706. The second-order valence-electron chi connectivity index (χ2n) is 5.97. The molecule has 2 rings (SSSR count). The number of amides is 1. The fourth-order valence-electron chi connectivity index (χ4n) is 2.65. The molecule has 1 atom stereocenters. The lowest BCUT2D eigenvalue weighted by Gasteiger charge is -2.23. The highest BCUT2D eigenvalue weighted by atomic mass is 35.5. The maximum absolute atomic E-state index is 12.1. The van der Waals surface area contributed by atoms with E-state index >= 15 is 0 Å². The van der Waals surface area contributed by atoms with Crippen LogP contribution in [0, 0.1) is 0 Å². The number of nitrogens with zero attached hydrogens (tertiary/aromatic N) is 1. The molecule has 6 nitrogen and oxygen atoms in total. The van der Waals surface area contributed by atoms with Gasteiger partial charge in [-0.3, -0.25) is 9.10 Å². The van der Waals surface area contributed by atoms with Crippen molar-refractivity contribution in [2.45, 2.75) is 31.8 Å². The van der Waals surface area contributed by atoms with E-state index in [1.165, 1.54) is 10.4 Å². The van der Waals surface area contributed by atoms with Gasteiger partial charge in [-0.1, -0.05) is 23.2 Å². The topological polar surface area (TPSA) is 75.7 Å². The van der Waals surface area contributed by atoms with Crippen molar-refractivity contribution in [2.75, 3.05) is 30.3 Å². The van der Waals surface area contributed by atoms with Crippen molar-refractivity contribution in [1.29, 1.82) is 0 Å². The standard InChI is InChI=1S/C16H22Cl2N2O4S/c1-25(22,23)20(15-10-12(17)6-7-14(15)18)8-2-5-16(21)19-11-13-4-3-9-24-13/h6-7,10,13H,2-5,8-9,11H2,1H3,(H,19,21)/t13-/m0/s1. The minimum Gasteiger partial charge on any atom is -0.376 e. The molecule has 1 saturated heterocycles. The Hall–Kier alpha value is -1.02. The molecule has 1 N–H and O–H groups in total. The lowest BCUT2D eigenvalue weighted by atomic mass is 10.2. The molecule has 1 amide bonds. The second kappa shape index (κ2) is 9.07. The number of hydrogen-bond donors (Lipinski definition) is 1. The van der Waals surface area contributed by atoms with Gasteiger partial charge < -0.3 is 10.1 Å². The van der Waals surface area contributed by atoms with Crippen LogP contribution < -0.4 is 9.62 Å². The van der Waals surface area contributed by atoms with Crippen molar-refractivity contribution in [3.05, 3.63) is 28.2 Å². The van der Waals surface area contributed by atoms with Gasteiger partial charge in [-0.2, -0.15) is 0 Å². The highest BCUT2D eigenvalue weighted by Gasteiger charge is 2.21. The molecule has 0 radical (unpaired) electrons. The zero-order valence-corrected chi connectivity index (χ0v) is 16.3. The molecule has 0 bridgehead atoms. The number of benzene rings is 1. The summed E-state index contributed by atoms with van der Waals surface area (Å²) in [5.74, 6) is -0.124. The SMILES string of the molecule is CS(=O)(=O)N(CCCC(=O)NC[C@@H]1CCCO1)c1cc(Cl)ccc1Cl. The zero-order chi connectivity index (χ0) is 18.4. The third-order valence-electron chi connectivity index (χ3n) is 3.89. The van der Waals surface area contributed by atoms with E-state index in [-0.39, 0.29) is 30.0 Å². The molecule has 1 aromatic rings. The van der Waals surface area contributed by atoms with Crippen LogP contribution >= 0.6 is 23.2 Å². The number of anilines is 1. The number of halogens is 2. The van der Waals surface area contributed by atoms with E-state index in [1.54, 1.807) is 12.1 Å². The lowest BCUT2D eigenvalue weighted by Crippen LogP contribution is -2.34. The van der Waals surface area contributed by atoms with Gasteiger partial charge in [-0.25, -0.2) is 8.42 Å². The average molecular weight is 409 g/mol. The van der Waals surface area contributed by atoms with Crippen LogP contribution in [0.25, 0.3) is 0 Å². The Labute approximate surface area is 158 Å².